The van der Waals surface area contributed by atoms with Crippen molar-refractivity contribution in [3.8, 4) is 0 Å². The van der Waals surface area contributed by atoms with Crippen LogP contribution in [0.25, 0.3) is 0 Å². The number of carbonyl (C=O) groups excluding carboxylic acids is 1. The van der Waals surface area contributed by atoms with Crippen molar-refractivity contribution < 1.29 is 4.79 Å². The van der Waals surface area contributed by atoms with E-state index in [1.807, 2.05) is 17.9 Å². The minimum Gasteiger partial charge on any atom is -0.309 e. The third-order valence-corrected chi connectivity index (χ3v) is 3.52. The minimum absolute atomic E-state index is 0.0158. The Bertz CT molecular complexity index is 442. The molecule has 1 aromatic heterocycles. The highest BCUT2D eigenvalue weighted by atomic mass is 16.2. The van der Waals surface area contributed by atoms with E-state index in [1.165, 1.54) is 12.8 Å². The number of amides is 1. The summed E-state index contributed by atoms with van der Waals surface area (Å²) in [6.45, 7) is 2.82. The van der Waals surface area contributed by atoms with Gasteiger partial charge in [0.15, 0.2) is 0 Å². The molecule has 1 saturated carbocycles. The van der Waals surface area contributed by atoms with Gasteiger partial charge in [-0.15, -0.1) is 0 Å². The Hall–Kier alpha value is -1.42. The number of aryl methyl sites for hydroxylation is 1. The first-order valence-corrected chi connectivity index (χ1v) is 6.24. The van der Waals surface area contributed by atoms with Gasteiger partial charge in [-0.25, -0.2) is 0 Å². The molecule has 2 heterocycles. The molecular formula is C13H17N3O. The van der Waals surface area contributed by atoms with Crippen LogP contribution in [0.2, 0.25) is 0 Å². The summed E-state index contributed by atoms with van der Waals surface area (Å²) in [6, 6.07) is 2.55. The fraction of sp³-hybridized carbons (Fsp3) is 0.538. The lowest BCUT2D eigenvalue weighted by molar-refractivity contribution is -0.118. The second kappa shape index (κ2) is 4.11. The van der Waals surface area contributed by atoms with Crippen LogP contribution < -0.4 is 10.2 Å². The predicted molar refractivity (Wildman–Crippen MR) is 65.9 cm³/mol. The molecule has 2 fully saturated rings. The molecule has 1 aliphatic carbocycles. The molecule has 90 valence electrons. The van der Waals surface area contributed by atoms with Crippen molar-refractivity contribution in [2.45, 2.75) is 38.3 Å². The van der Waals surface area contributed by atoms with Crippen LogP contribution in [0.1, 0.15) is 24.8 Å². The first-order valence-electron chi connectivity index (χ1n) is 6.24. The lowest BCUT2D eigenvalue weighted by Crippen LogP contribution is -2.39. The number of hydrogen-bond acceptors (Lipinski definition) is 3. The van der Waals surface area contributed by atoms with E-state index in [0.717, 1.165) is 24.2 Å². The van der Waals surface area contributed by atoms with Crippen LogP contribution in [0.3, 0.4) is 0 Å². The summed E-state index contributed by atoms with van der Waals surface area (Å²) in [5, 5.41) is 3.41. The fourth-order valence-electron chi connectivity index (χ4n) is 2.35. The smallest absolute Gasteiger partial charge is 0.244 e. The highest BCUT2D eigenvalue weighted by Gasteiger charge is 2.36. The number of hydrogen-bond donors (Lipinski definition) is 1. The van der Waals surface area contributed by atoms with Gasteiger partial charge >= 0.3 is 0 Å². The van der Waals surface area contributed by atoms with Gasteiger partial charge in [-0.05, 0) is 37.8 Å². The molecule has 1 amide bonds. The maximum Gasteiger partial charge on any atom is 0.244 e. The first kappa shape index (κ1) is 10.7. The highest BCUT2D eigenvalue weighted by Crippen LogP contribution is 2.26. The minimum atomic E-state index is 0.0158. The van der Waals surface area contributed by atoms with Crippen molar-refractivity contribution in [2.24, 2.45) is 0 Å². The average molecular weight is 231 g/mol. The summed E-state index contributed by atoms with van der Waals surface area (Å²) >= 11 is 0. The van der Waals surface area contributed by atoms with Gasteiger partial charge in [-0.3, -0.25) is 9.78 Å². The molecule has 3 rings (SSSR count). The van der Waals surface area contributed by atoms with Gasteiger partial charge in [0, 0.05) is 18.8 Å². The van der Waals surface area contributed by atoms with E-state index < -0.39 is 0 Å². The summed E-state index contributed by atoms with van der Waals surface area (Å²) in [7, 11) is 0. The summed E-state index contributed by atoms with van der Waals surface area (Å²) in [5.41, 5.74) is 2.07. The van der Waals surface area contributed by atoms with Crippen LogP contribution in [0, 0.1) is 6.92 Å². The maximum atomic E-state index is 12.3. The Labute approximate surface area is 101 Å². The van der Waals surface area contributed by atoms with E-state index in [1.54, 1.807) is 12.4 Å². The number of carbonyl (C=O) groups is 1. The Kier molecular flexibility index (Phi) is 2.59. The highest BCUT2D eigenvalue weighted by molar-refractivity contribution is 5.99. The van der Waals surface area contributed by atoms with E-state index in [9.17, 15) is 4.79 Å². The third-order valence-electron chi connectivity index (χ3n) is 3.52. The second-order valence-electron chi connectivity index (χ2n) is 4.93. The molecule has 1 atom stereocenters. The Morgan fingerprint density at radius 3 is 2.94 bits per heavy atom. The van der Waals surface area contributed by atoms with Crippen molar-refractivity contribution in [3.05, 3.63) is 24.0 Å². The number of aromatic nitrogens is 1. The number of nitrogens with one attached hydrogen (secondary N) is 1. The average Bonchev–Trinajstić information content (AvgIpc) is 3.07. The van der Waals surface area contributed by atoms with E-state index >= 15 is 0 Å². The quantitative estimate of drug-likeness (QED) is 0.851. The van der Waals surface area contributed by atoms with E-state index in [-0.39, 0.29) is 11.9 Å². The SMILES string of the molecule is Cc1ccncc1N1CCC(NC2CC2)C1=O. The van der Waals surface area contributed by atoms with E-state index in [0.29, 0.717) is 6.04 Å². The van der Waals surface area contributed by atoms with Gasteiger partial charge in [-0.2, -0.15) is 0 Å². The van der Waals surface area contributed by atoms with Crippen LogP contribution in [-0.4, -0.2) is 29.5 Å². The topological polar surface area (TPSA) is 45.2 Å². The van der Waals surface area contributed by atoms with Gasteiger partial charge in [0.2, 0.25) is 5.91 Å². The Balaban J connectivity index is 1.76. The van der Waals surface area contributed by atoms with Gasteiger partial charge in [0.05, 0.1) is 17.9 Å². The monoisotopic (exact) mass is 231 g/mol. The number of pyridine rings is 1. The van der Waals surface area contributed by atoms with Gasteiger partial charge < -0.3 is 10.2 Å². The molecule has 1 aromatic rings. The zero-order valence-corrected chi connectivity index (χ0v) is 10.0. The van der Waals surface area contributed by atoms with Crippen molar-refractivity contribution in [1.29, 1.82) is 0 Å². The number of anilines is 1. The molecule has 0 aromatic carbocycles. The van der Waals surface area contributed by atoms with E-state index in [4.69, 9.17) is 0 Å². The normalized spacial score (nSPS) is 24.4. The zero-order valence-electron chi connectivity index (χ0n) is 10.0. The van der Waals surface area contributed by atoms with Gasteiger partial charge in [-0.1, -0.05) is 0 Å². The maximum absolute atomic E-state index is 12.3. The second-order valence-corrected chi connectivity index (χ2v) is 4.93. The van der Waals surface area contributed by atoms with Crippen LogP contribution in [0.5, 0.6) is 0 Å². The fourth-order valence-corrected chi connectivity index (χ4v) is 2.35. The molecule has 0 bridgehead atoms. The molecule has 2 aliphatic rings. The summed E-state index contributed by atoms with van der Waals surface area (Å²) < 4.78 is 0. The molecule has 1 saturated heterocycles. The zero-order chi connectivity index (χ0) is 11.8. The standard InChI is InChI=1S/C13H17N3O/c1-9-4-6-14-8-12(9)16-7-5-11(13(16)17)15-10-2-3-10/h4,6,8,10-11,15H,2-3,5,7H2,1H3. The third kappa shape index (κ3) is 2.05. The van der Waals surface area contributed by atoms with Crippen LogP contribution in [0.15, 0.2) is 18.5 Å². The predicted octanol–water partition coefficient (Wildman–Crippen LogP) is 1.25. The summed E-state index contributed by atoms with van der Waals surface area (Å²) in [4.78, 5) is 18.2. The molecule has 4 heteroatoms. The molecule has 4 nitrogen and oxygen atoms in total. The largest absolute Gasteiger partial charge is 0.309 e. The molecule has 1 aliphatic heterocycles. The van der Waals surface area contributed by atoms with Crippen molar-refractivity contribution in [3.63, 3.8) is 0 Å². The van der Waals surface area contributed by atoms with Crippen molar-refractivity contribution in [2.75, 3.05) is 11.4 Å². The van der Waals surface area contributed by atoms with Crippen LogP contribution >= 0.6 is 0 Å². The van der Waals surface area contributed by atoms with Crippen molar-refractivity contribution >= 4 is 11.6 Å². The lowest BCUT2D eigenvalue weighted by Gasteiger charge is -2.18. The van der Waals surface area contributed by atoms with Crippen molar-refractivity contribution in [1.82, 2.24) is 10.3 Å². The molecule has 0 spiro atoms. The van der Waals surface area contributed by atoms with Crippen LogP contribution in [-0.2, 0) is 4.79 Å². The first-order chi connectivity index (χ1) is 8.25. The molecule has 0 radical (unpaired) electrons. The summed E-state index contributed by atoms with van der Waals surface area (Å²) in [6.07, 6.45) is 6.89. The summed E-state index contributed by atoms with van der Waals surface area (Å²) in [5.74, 6) is 0.202. The van der Waals surface area contributed by atoms with Gasteiger partial charge in [0.25, 0.3) is 0 Å². The van der Waals surface area contributed by atoms with Crippen LogP contribution in [0.4, 0.5) is 5.69 Å². The number of rotatable bonds is 3. The number of nitrogens with zero attached hydrogens (tertiary/aromatic N) is 2. The molecule has 1 unspecified atom stereocenters. The van der Waals surface area contributed by atoms with Gasteiger partial charge in [0.1, 0.15) is 0 Å². The molecule has 1 N–H and O–H groups in total. The molecular weight excluding hydrogens is 214 g/mol. The Morgan fingerprint density at radius 1 is 1.41 bits per heavy atom. The Morgan fingerprint density at radius 2 is 2.24 bits per heavy atom. The molecule has 17 heavy (non-hydrogen) atoms. The lowest BCUT2D eigenvalue weighted by atomic mass is 10.2. The van der Waals surface area contributed by atoms with E-state index in [2.05, 4.69) is 10.3 Å².